The van der Waals surface area contributed by atoms with E-state index in [9.17, 15) is 13.2 Å². The lowest BCUT2D eigenvalue weighted by Gasteiger charge is -2.39. The van der Waals surface area contributed by atoms with E-state index in [1.807, 2.05) is 30.3 Å². The van der Waals surface area contributed by atoms with Gasteiger partial charge in [-0.05, 0) is 24.1 Å². The number of rotatable bonds is 3. The Bertz CT molecular complexity index is 999. The molecule has 0 saturated carbocycles. The van der Waals surface area contributed by atoms with E-state index in [1.165, 1.54) is 4.31 Å². The van der Waals surface area contributed by atoms with Crippen LogP contribution in [0.4, 0.5) is 0 Å². The average molecular weight is 399 g/mol. The van der Waals surface area contributed by atoms with Crippen LogP contribution in [0.3, 0.4) is 0 Å². The molecule has 3 atom stereocenters. The van der Waals surface area contributed by atoms with Crippen molar-refractivity contribution in [1.82, 2.24) is 14.2 Å². The zero-order chi connectivity index (χ0) is 19.4. The maximum absolute atomic E-state index is 13.2. The van der Waals surface area contributed by atoms with E-state index >= 15 is 0 Å². The van der Waals surface area contributed by atoms with Crippen molar-refractivity contribution < 1.29 is 17.9 Å². The fraction of sp³-hybridized carbons (Fsp3) is 0.400. The standard InChI is InChI=1S/C20H21N3O4S/c24-19(16-7-4-8-21-10-16)22-12-17-9-18-20(13-22,27-17)14-23(28(18,25)26)11-15-5-2-1-3-6-15/h1-8,10,17-18H,9,11-14H2/t17-,18+,20+/m1/s1. The van der Waals surface area contributed by atoms with Crippen molar-refractivity contribution in [2.24, 2.45) is 0 Å². The van der Waals surface area contributed by atoms with E-state index in [2.05, 4.69) is 4.98 Å². The molecule has 0 unspecified atom stereocenters. The molecule has 146 valence electrons. The van der Waals surface area contributed by atoms with Gasteiger partial charge in [0.1, 0.15) is 10.9 Å². The number of hydrogen-bond donors (Lipinski definition) is 0. The predicted octanol–water partition coefficient (Wildman–Crippen LogP) is 1.28. The molecule has 5 rings (SSSR count). The van der Waals surface area contributed by atoms with Crippen molar-refractivity contribution in [1.29, 1.82) is 0 Å². The maximum Gasteiger partial charge on any atom is 0.255 e. The Morgan fingerprint density at radius 2 is 2.00 bits per heavy atom. The molecule has 8 heteroatoms. The normalized spacial score (nSPS) is 30.9. The van der Waals surface area contributed by atoms with Crippen LogP contribution in [-0.4, -0.2) is 65.1 Å². The number of carbonyl (C=O) groups is 1. The molecular weight excluding hydrogens is 378 g/mol. The Kier molecular flexibility index (Phi) is 4.04. The van der Waals surface area contributed by atoms with Gasteiger partial charge in [0.05, 0.1) is 18.2 Å². The summed E-state index contributed by atoms with van der Waals surface area (Å²) in [4.78, 5) is 18.7. The van der Waals surface area contributed by atoms with Gasteiger partial charge in [0.25, 0.3) is 5.91 Å². The first-order valence-corrected chi connectivity index (χ1v) is 10.9. The molecule has 1 aromatic heterocycles. The number of ether oxygens (including phenoxy) is 1. The van der Waals surface area contributed by atoms with Crippen LogP contribution in [0.1, 0.15) is 22.3 Å². The van der Waals surface area contributed by atoms with E-state index in [1.54, 1.807) is 29.4 Å². The van der Waals surface area contributed by atoms with Crippen molar-refractivity contribution in [3.05, 3.63) is 66.0 Å². The summed E-state index contributed by atoms with van der Waals surface area (Å²) < 4.78 is 34.1. The first-order chi connectivity index (χ1) is 13.5. The first kappa shape index (κ1) is 17.8. The molecule has 0 aliphatic carbocycles. The number of morpholine rings is 1. The molecule has 0 N–H and O–H groups in total. The smallest absolute Gasteiger partial charge is 0.255 e. The van der Waals surface area contributed by atoms with Gasteiger partial charge in [-0.3, -0.25) is 9.78 Å². The number of sulfonamides is 1. The van der Waals surface area contributed by atoms with E-state index in [0.29, 0.717) is 25.1 Å². The van der Waals surface area contributed by atoms with Gasteiger partial charge < -0.3 is 9.64 Å². The fourth-order valence-electron chi connectivity index (χ4n) is 4.70. The second-order valence-corrected chi connectivity index (χ2v) is 9.87. The van der Waals surface area contributed by atoms with Crippen molar-refractivity contribution in [2.75, 3.05) is 19.6 Å². The van der Waals surface area contributed by atoms with Gasteiger partial charge in [-0.2, -0.15) is 4.31 Å². The van der Waals surface area contributed by atoms with E-state index in [-0.39, 0.29) is 25.1 Å². The summed E-state index contributed by atoms with van der Waals surface area (Å²) in [6.45, 7) is 1.31. The fourth-order valence-corrected chi connectivity index (χ4v) is 7.00. The lowest BCUT2D eigenvalue weighted by atomic mass is 9.99. The minimum atomic E-state index is -3.48. The van der Waals surface area contributed by atoms with Crippen LogP contribution in [0.2, 0.25) is 0 Å². The Labute approximate surface area is 164 Å². The second-order valence-electron chi connectivity index (χ2n) is 7.75. The zero-order valence-corrected chi connectivity index (χ0v) is 16.1. The highest BCUT2D eigenvalue weighted by Crippen LogP contribution is 2.47. The van der Waals surface area contributed by atoms with Crippen LogP contribution in [0.25, 0.3) is 0 Å². The molecule has 1 aromatic carbocycles. The summed E-state index contributed by atoms with van der Waals surface area (Å²) in [6.07, 6.45) is 3.36. The number of likely N-dealkylation sites (tertiary alicyclic amines) is 1. The predicted molar refractivity (Wildman–Crippen MR) is 102 cm³/mol. The van der Waals surface area contributed by atoms with Crippen LogP contribution in [0.15, 0.2) is 54.9 Å². The zero-order valence-electron chi connectivity index (χ0n) is 15.3. The third kappa shape index (κ3) is 2.75. The summed E-state index contributed by atoms with van der Waals surface area (Å²) >= 11 is 0. The second kappa shape index (κ2) is 6.37. The number of carbonyl (C=O) groups excluding carboxylic acids is 1. The van der Waals surface area contributed by atoms with Gasteiger partial charge in [-0.1, -0.05) is 30.3 Å². The van der Waals surface area contributed by atoms with Gasteiger partial charge in [-0.15, -0.1) is 0 Å². The molecule has 3 saturated heterocycles. The number of nitrogens with zero attached hydrogens (tertiary/aromatic N) is 3. The van der Waals surface area contributed by atoms with E-state index < -0.39 is 20.9 Å². The monoisotopic (exact) mass is 399 g/mol. The molecule has 2 bridgehead atoms. The minimum absolute atomic E-state index is 0.125. The third-order valence-electron chi connectivity index (χ3n) is 5.91. The van der Waals surface area contributed by atoms with Crippen molar-refractivity contribution in [3.63, 3.8) is 0 Å². The SMILES string of the molecule is O=C(c1cccnc1)N1C[C@H]2C[C@H]3[C@](C1)(CN(Cc1ccccc1)S3(=O)=O)O2. The highest BCUT2D eigenvalue weighted by Gasteiger charge is 2.65. The Morgan fingerprint density at radius 1 is 1.18 bits per heavy atom. The number of pyridine rings is 1. The molecule has 0 radical (unpaired) electrons. The van der Waals surface area contributed by atoms with Crippen LogP contribution in [-0.2, 0) is 21.3 Å². The summed E-state index contributed by atoms with van der Waals surface area (Å²) in [5.74, 6) is -0.125. The first-order valence-electron chi connectivity index (χ1n) is 9.38. The number of hydrogen-bond acceptors (Lipinski definition) is 5. The Balaban J connectivity index is 1.42. The number of amides is 1. The molecule has 28 heavy (non-hydrogen) atoms. The van der Waals surface area contributed by atoms with Crippen molar-refractivity contribution >= 4 is 15.9 Å². The molecule has 2 aromatic rings. The maximum atomic E-state index is 13.2. The molecule has 3 aliphatic rings. The molecule has 4 heterocycles. The van der Waals surface area contributed by atoms with Gasteiger partial charge in [-0.25, -0.2) is 8.42 Å². The number of benzene rings is 1. The topological polar surface area (TPSA) is 79.8 Å². The molecule has 3 aliphatic heterocycles. The summed E-state index contributed by atoms with van der Waals surface area (Å²) in [5.41, 5.74) is 0.603. The van der Waals surface area contributed by atoms with Gasteiger partial charge in [0, 0.05) is 32.0 Å². The van der Waals surface area contributed by atoms with Gasteiger partial charge in [0.2, 0.25) is 10.0 Å². The molecule has 3 fully saturated rings. The van der Waals surface area contributed by atoms with E-state index in [4.69, 9.17) is 4.74 Å². The number of aromatic nitrogens is 1. The lowest BCUT2D eigenvalue weighted by Crippen LogP contribution is -2.56. The van der Waals surface area contributed by atoms with Crippen molar-refractivity contribution in [2.45, 2.75) is 29.9 Å². The largest absolute Gasteiger partial charge is 0.365 e. The Hall–Kier alpha value is -2.29. The lowest BCUT2D eigenvalue weighted by molar-refractivity contribution is -0.0980. The summed E-state index contributed by atoms with van der Waals surface area (Å²) in [7, 11) is -3.48. The minimum Gasteiger partial charge on any atom is -0.365 e. The highest BCUT2D eigenvalue weighted by molar-refractivity contribution is 7.90. The van der Waals surface area contributed by atoms with Crippen molar-refractivity contribution in [3.8, 4) is 0 Å². The highest BCUT2D eigenvalue weighted by atomic mass is 32.2. The van der Waals surface area contributed by atoms with Crippen LogP contribution < -0.4 is 0 Å². The van der Waals surface area contributed by atoms with E-state index in [0.717, 1.165) is 5.56 Å². The number of fused-ring (bicyclic) bond motifs is 1. The average Bonchev–Trinajstić information content (AvgIpc) is 3.08. The molecular formula is C20H21N3O4S. The molecule has 1 spiro atoms. The summed E-state index contributed by atoms with van der Waals surface area (Å²) in [5, 5.41) is -0.597. The molecule has 7 nitrogen and oxygen atoms in total. The summed E-state index contributed by atoms with van der Waals surface area (Å²) in [6, 6.07) is 13.0. The molecule has 1 amide bonds. The Morgan fingerprint density at radius 3 is 2.75 bits per heavy atom. The quantitative estimate of drug-likeness (QED) is 0.777. The third-order valence-corrected chi connectivity index (χ3v) is 8.23. The van der Waals surface area contributed by atoms with Crippen LogP contribution >= 0.6 is 0 Å². The van der Waals surface area contributed by atoms with Gasteiger partial charge in [0.15, 0.2) is 0 Å². The van der Waals surface area contributed by atoms with Crippen LogP contribution in [0, 0.1) is 0 Å². The van der Waals surface area contributed by atoms with Crippen LogP contribution in [0.5, 0.6) is 0 Å². The van der Waals surface area contributed by atoms with Gasteiger partial charge >= 0.3 is 0 Å².